The molecule has 0 aliphatic carbocycles. The van der Waals surface area contributed by atoms with E-state index >= 15 is 0 Å². The molecule has 1 aromatic heterocycles. The Hall–Kier alpha value is -1.30. The highest BCUT2D eigenvalue weighted by Crippen LogP contribution is 2.26. The minimum Gasteiger partial charge on any atom is -0.466 e. The number of alkyl halides is 2. The van der Waals surface area contributed by atoms with Crippen molar-refractivity contribution < 1.29 is 22.7 Å². The largest absolute Gasteiger partial charge is 0.466 e. The number of carbonyl (C=O) groups is 1. The highest BCUT2D eigenvalue weighted by atomic mass is 35.5. The van der Waals surface area contributed by atoms with Gasteiger partial charge in [0, 0.05) is 0 Å². The minimum atomic E-state index is -3.09. The Balaban J connectivity index is 2.98. The van der Waals surface area contributed by atoms with E-state index in [-0.39, 0.29) is 18.7 Å². The minimum absolute atomic E-state index is 0.0508. The monoisotopic (exact) mass is 267 g/mol. The van der Waals surface area contributed by atoms with Crippen molar-refractivity contribution in [1.29, 1.82) is 0 Å². The molecule has 0 radical (unpaired) electrons. The van der Waals surface area contributed by atoms with Gasteiger partial charge in [-0.05, 0) is 13.0 Å². The fourth-order valence-electron chi connectivity index (χ4n) is 1.16. The molecule has 17 heavy (non-hydrogen) atoms. The zero-order chi connectivity index (χ0) is 13.0. The Morgan fingerprint density at radius 2 is 2.24 bits per heavy atom. The third-order valence-corrected chi connectivity index (χ3v) is 2.10. The molecule has 1 aromatic rings. The van der Waals surface area contributed by atoms with Crippen molar-refractivity contribution >= 4 is 17.6 Å². The van der Waals surface area contributed by atoms with Gasteiger partial charge in [-0.15, -0.1) is 0 Å². The average Bonchev–Trinajstić information content (AvgIpc) is 2.23. The molecular formula is C10H9ClF3NO2. The van der Waals surface area contributed by atoms with Gasteiger partial charge in [0.1, 0.15) is 5.69 Å². The second-order valence-corrected chi connectivity index (χ2v) is 3.48. The standard InChI is InChI=1S/C10H9ClF3NO2/c1-2-17-7(16)4-5-3-6(11)8(12)9(15-5)10(13)14/h3,10H,2,4H2,1H3. The van der Waals surface area contributed by atoms with Crippen LogP contribution in [0.2, 0.25) is 5.02 Å². The van der Waals surface area contributed by atoms with E-state index in [1.807, 2.05) is 0 Å². The number of aromatic nitrogens is 1. The van der Waals surface area contributed by atoms with Gasteiger partial charge in [-0.2, -0.15) is 0 Å². The summed E-state index contributed by atoms with van der Waals surface area (Å²) in [5.74, 6) is -1.91. The van der Waals surface area contributed by atoms with Crippen molar-refractivity contribution in [2.24, 2.45) is 0 Å². The molecule has 0 amide bonds. The van der Waals surface area contributed by atoms with Gasteiger partial charge in [-0.3, -0.25) is 4.79 Å². The van der Waals surface area contributed by atoms with Crippen molar-refractivity contribution in [2.45, 2.75) is 19.8 Å². The maximum absolute atomic E-state index is 13.1. The van der Waals surface area contributed by atoms with E-state index < -0.39 is 28.9 Å². The fourth-order valence-corrected chi connectivity index (χ4v) is 1.39. The second kappa shape index (κ2) is 5.86. The van der Waals surface area contributed by atoms with E-state index in [1.165, 1.54) is 0 Å². The fraction of sp³-hybridized carbons (Fsp3) is 0.400. The summed E-state index contributed by atoms with van der Waals surface area (Å²) in [6, 6.07) is 1.03. The quantitative estimate of drug-likeness (QED) is 0.788. The van der Waals surface area contributed by atoms with Crippen molar-refractivity contribution in [3.63, 3.8) is 0 Å². The SMILES string of the molecule is CCOC(=O)Cc1cc(Cl)c(F)c(C(F)F)n1. The first-order valence-corrected chi connectivity index (χ1v) is 5.12. The van der Waals surface area contributed by atoms with Crippen LogP contribution in [0.4, 0.5) is 13.2 Å². The van der Waals surface area contributed by atoms with Crippen LogP contribution >= 0.6 is 11.6 Å². The summed E-state index contributed by atoms with van der Waals surface area (Å²) in [6.45, 7) is 1.77. The highest BCUT2D eigenvalue weighted by molar-refractivity contribution is 6.30. The second-order valence-electron chi connectivity index (χ2n) is 3.08. The maximum Gasteiger partial charge on any atom is 0.311 e. The summed E-state index contributed by atoms with van der Waals surface area (Å²) in [6.07, 6.45) is -3.41. The summed E-state index contributed by atoms with van der Waals surface area (Å²) in [4.78, 5) is 14.4. The number of hydrogen-bond donors (Lipinski definition) is 0. The Bertz CT molecular complexity index is 426. The van der Waals surface area contributed by atoms with Crippen LogP contribution in [0.5, 0.6) is 0 Å². The van der Waals surface area contributed by atoms with Crippen LogP contribution in [0.3, 0.4) is 0 Å². The number of halogens is 4. The molecule has 0 bridgehead atoms. The predicted octanol–water partition coefficient (Wildman–Crippen LogP) is 2.92. The summed E-state index contributed by atoms with van der Waals surface area (Å²) in [5, 5.41) is -0.491. The zero-order valence-corrected chi connectivity index (χ0v) is 9.60. The smallest absolute Gasteiger partial charge is 0.311 e. The van der Waals surface area contributed by atoms with Gasteiger partial charge in [0.2, 0.25) is 0 Å². The lowest BCUT2D eigenvalue weighted by Gasteiger charge is -2.06. The topological polar surface area (TPSA) is 39.2 Å². The van der Waals surface area contributed by atoms with Crippen LogP contribution in [0.1, 0.15) is 24.7 Å². The molecule has 7 heteroatoms. The Morgan fingerprint density at radius 1 is 1.59 bits per heavy atom. The molecule has 1 rings (SSSR count). The lowest BCUT2D eigenvalue weighted by atomic mass is 10.2. The van der Waals surface area contributed by atoms with Crippen LogP contribution in [-0.2, 0) is 16.0 Å². The van der Waals surface area contributed by atoms with Crippen molar-refractivity contribution in [2.75, 3.05) is 6.61 Å². The van der Waals surface area contributed by atoms with E-state index in [4.69, 9.17) is 11.6 Å². The van der Waals surface area contributed by atoms with Crippen molar-refractivity contribution in [3.05, 3.63) is 28.3 Å². The summed E-state index contributed by atoms with van der Waals surface area (Å²) >= 11 is 5.42. The van der Waals surface area contributed by atoms with Crippen LogP contribution in [-0.4, -0.2) is 17.6 Å². The van der Waals surface area contributed by atoms with Gasteiger partial charge in [0.05, 0.1) is 23.7 Å². The summed E-state index contributed by atoms with van der Waals surface area (Å²) < 4.78 is 42.5. The van der Waals surface area contributed by atoms with Gasteiger partial charge in [-0.25, -0.2) is 18.2 Å². The van der Waals surface area contributed by atoms with Crippen LogP contribution in [0, 0.1) is 5.82 Å². The Labute approximate surface area is 101 Å². The summed E-state index contributed by atoms with van der Waals surface area (Å²) in [7, 11) is 0. The van der Waals surface area contributed by atoms with Gasteiger partial charge in [-0.1, -0.05) is 11.6 Å². The molecule has 0 fully saturated rings. The maximum atomic E-state index is 13.1. The van der Waals surface area contributed by atoms with Gasteiger partial charge < -0.3 is 4.74 Å². The van der Waals surface area contributed by atoms with E-state index in [9.17, 15) is 18.0 Å². The first-order valence-electron chi connectivity index (χ1n) is 4.74. The van der Waals surface area contributed by atoms with Crippen molar-refractivity contribution in [1.82, 2.24) is 4.98 Å². The molecular weight excluding hydrogens is 259 g/mol. The molecule has 0 atom stereocenters. The Morgan fingerprint density at radius 3 is 2.76 bits per heavy atom. The number of hydrogen-bond acceptors (Lipinski definition) is 3. The predicted molar refractivity (Wildman–Crippen MR) is 54.5 cm³/mol. The summed E-state index contributed by atoms with van der Waals surface area (Å²) in [5.41, 5.74) is -1.11. The van der Waals surface area contributed by atoms with Crippen molar-refractivity contribution in [3.8, 4) is 0 Å². The first kappa shape index (κ1) is 13.8. The number of esters is 1. The highest BCUT2D eigenvalue weighted by Gasteiger charge is 2.20. The molecule has 1 heterocycles. The van der Waals surface area contributed by atoms with Crippen LogP contribution in [0.25, 0.3) is 0 Å². The van der Waals surface area contributed by atoms with Crippen LogP contribution < -0.4 is 0 Å². The van der Waals surface area contributed by atoms with Gasteiger partial charge >= 0.3 is 5.97 Å². The third-order valence-electron chi connectivity index (χ3n) is 1.83. The number of rotatable bonds is 4. The molecule has 3 nitrogen and oxygen atoms in total. The zero-order valence-electron chi connectivity index (χ0n) is 8.84. The number of carbonyl (C=O) groups excluding carboxylic acids is 1. The molecule has 0 spiro atoms. The van der Waals surface area contributed by atoms with E-state index in [0.717, 1.165) is 6.07 Å². The molecule has 0 saturated carbocycles. The number of pyridine rings is 1. The number of ether oxygens (including phenoxy) is 1. The molecule has 0 aliphatic heterocycles. The molecule has 0 unspecified atom stereocenters. The van der Waals surface area contributed by atoms with Crippen LogP contribution in [0.15, 0.2) is 6.07 Å². The molecule has 0 aromatic carbocycles. The molecule has 0 aliphatic rings. The Kier molecular flexibility index (Phi) is 4.74. The molecule has 0 N–H and O–H groups in total. The van der Waals surface area contributed by atoms with E-state index in [0.29, 0.717) is 0 Å². The van der Waals surface area contributed by atoms with E-state index in [2.05, 4.69) is 9.72 Å². The third kappa shape index (κ3) is 3.59. The molecule has 0 saturated heterocycles. The first-order chi connectivity index (χ1) is 7.95. The number of nitrogens with zero attached hydrogens (tertiary/aromatic N) is 1. The van der Waals surface area contributed by atoms with Gasteiger partial charge in [0.25, 0.3) is 6.43 Å². The average molecular weight is 268 g/mol. The normalized spacial score (nSPS) is 10.7. The van der Waals surface area contributed by atoms with Gasteiger partial charge in [0.15, 0.2) is 5.82 Å². The molecule has 94 valence electrons. The lowest BCUT2D eigenvalue weighted by molar-refractivity contribution is -0.142. The lowest BCUT2D eigenvalue weighted by Crippen LogP contribution is -2.10. The van der Waals surface area contributed by atoms with E-state index in [1.54, 1.807) is 6.92 Å².